The predicted molar refractivity (Wildman–Crippen MR) is 93.3 cm³/mol. The van der Waals surface area contributed by atoms with Crippen LogP contribution in [0, 0.1) is 17.1 Å². The molecule has 1 saturated heterocycles. The first kappa shape index (κ1) is 15.0. The number of fused-ring (bicyclic) bond motifs is 3. The van der Waals surface area contributed by atoms with E-state index in [-0.39, 0.29) is 5.82 Å². The normalized spacial score (nSPS) is 21.8. The Hall–Kier alpha value is -2.58. The van der Waals surface area contributed by atoms with Gasteiger partial charge < -0.3 is 15.5 Å². The molecule has 0 spiro atoms. The number of hydrogen-bond donors (Lipinski definition) is 2. The fraction of sp³-hybridized carbons (Fsp3) is 0.316. The summed E-state index contributed by atoms with van der Waals surface area (Å²) in [5.74, 6) is 0.0686. The quantitative estimate of drug-likeness (QED) is 0.890. The van der Waals surface area contributed by atoms with Crippen molar-refractivity contribution in [3.8, 4) is 6.07 Å². The molecule has 2 heterocycles. The van der Waals surface area contributed by atoms with Crippen LogP contribution in [0.5, 0.6) is 0 Å². The van der Waals surface area contributed by atoms with E-state index >= 15 is 0 Å². The number of nitrogens with one attached hydrogen (secondary N) is 2. The van der Waals surface area contributed by atoms with E-state index in [0.29, 0.717) is 23.2 Å². The topological polar surface area (TPSA) is 51.1 Å². The maximum absolute atomic E-state index is 13.9. The summed E-state index contributed by atoms with van der Waals surface area (Å²) in [4.78, 5) is 2.24. The van der Waals surface area contributed by atoms with Crippen LogP contribution in [0.4, 0.5) is 21.5 Å². The van der Waals surface area contributed by atoms with Crippen molar-refractivity contribution in [3.63, 3.8) is 0 Å². The van der Waals surface area contributed by atoms with Gasteiger partial charge in [-0.2, -0.15) is 5.26 Å². The lowest BCUT2D eigenvalue weighted by molar-refractivity contribution is 0.413. The summed E-state index contributed by atoms with van der Waals surface area (Å²) >= 11 is 0. The number of para-hydroxylation sites is 1. The molecule has 1 fully saturated rings. The fourth-order valence-corrected chi connectivity index (χ4v) is 4.00. The third kappa shape index (κ3) is 2.31. The average Bonchev–Trinajstić information content (AvgIpc) is 2.90. The predicted octanol–water partition coefficient (Wildman–Crippen LogP) is 3.34. The highest BCUT2D eigenvalue weighted by atomic mass is 19.1. The number of nitrogens with zero attached hydrogens (tertiary/aromatic N) is 2. The lowest BCUT2D eigenvalue weighted by Crippen LogP contribution is -2.42. The molecule has 122 valence electrons. The largest absolute Gasteiger partial charge is 0.370 e. The zero-order valence-electron chi connectivity index (χ0n) is 13.5. The van der Waals surface area contributed by atoms with E-state index < -0.39 is 0 Å². The summed E-state index contributed by atoms with van der Waals surface area (Å²) in [6, 6.07) is 13.2. The Balaban J connectivity index is 1.77. The van der Waals surface area contributed by atoms with Crippen LogP contribution in [0.25, 0.3) is 0 Å². The smallest absolute Gasteiger partial charge is 0.146 e. The van der Waals surface area contributed by atoms with E-state index in [2.05, 4.69) is 34.7 Å². The van der Waals surface area contributed by atoms with Gasteiger partial charge in [0.1, 0.15) is 11.9 Å². The number of hydrogen-bond acceptors (Lipinski definition) is 4. The maximum atomic E-state index is 13.9. The number of piperidine rings is 1. The molecule has 0 unspecified atom stereocenters. The highest BCUT2D eigenvalue weighted by Crippen LogP contribution is 2.45. The molecule has 2 aromatic rings. The van der Waals surface area contributed by atoms with E-state index in [9.17, 15) is 9.65 Å². The Labute approximate surface area is 140 Å². The third-order valence-corrected chi connectivity index (χ3v) is 5.11. The summed E-state index contributed by atoms with van der Waals surface area (Å²) < 4.78 is 13.9. The first-order valence-electron chi connectivity index (χ1n) is 8.22. The molecule has 2 atom stereocenters. The molecule has 0 bridgehead atoms. The Kier molecular flexibility index (Phi) is 3.62. The van der Waals surface area contributed by atoms with E-state index in [1.165, 1.54) is 11.6 Å². The third-order valence-electron chi connectivity index (χ3n) is 5.11. The van der Waals surface area contributed by atoms with Crippen molar-refractivity contribution in [2.75, 3.05) is 30.4 Å². The van der Waals surface area contributed by atoms with Crippen molar-refractivity contribution in [2.24, 2.45) is 0 Å². The van der Waals surface area contributed by atoms with Gasteiger partial charge in [-0.25, -0.2) is 4.39 Å². The molecule has 0 amide bonds. The molecule has 0 saturated carbocycles. The Morgan fingerprint density at radius 3 is 2.96 bits per heavy atom. The second-order valence-electron chi connectivity index (χ2n) is 6.46. The van der Waals surface area contributed by atoms with Gasteiger partial charge >= 0.3 is 0 Å². The van der Waals surface area contributed by atoms with Crippen LogP contribution >= 0.6 is 0 Å². The van der Waals surface area contributed by atoms with Crippen LogP contribution in [0.2, 0.25) is 0 Å². The average molecular weight is 322 g/mol. The summed E-state index contributed by atoms with van der Waals surface area (Å²) in [5, 5.41) is 16.2. The van der Waals surface area contributed by atoms with Gasteiger partial charge in [-0.15, -0.1) is 0 Å². The minimum atomic E-state index is -0.300. The van der Waals surface area contributed by atoms with Crippen molar-refractivity contribution in [3.05, 3.63) is 53.3 Å². The number of anilines is 3. The van der Waals surface area contributed by atoms with E-state index in [0.717, 1.165) is 30.9 Å². The van der Waals surface area contributed by atoms with Crippen LogP contribution in [0.3, 0.4) is 0 Å². The summed E-state index contributed by atoms with van der Waals surface area (Å²) in [6.07, 6.45) is 1.07. The highest BCUT2D eigenvalue weighted by Gasteiger charge is 2.39. The molecular formula is C19H19FN4. The molecule has 2 aliphatic heterocycles. The second kappa shape index (κ2) is 5.81. The van der Waals surface area contributed by atoms with Gasteiger partial charge in [0, 0.05) is 31.2 Å². The molecule has 0 aliphatic carbocycles. The molecule has 2 N–H and O–H groups in total. The summed E-state index contributed by atoms with van der Waals surface area (Å²) in [7, 11) is 2.07. The Morgan fingerprint density at radius 2 is 2.17 bits per heavy atom. The molecule has 0 aromatic heterocycles. The van der Waals surface area contributed by atoms with Crippen molar-refractivity contribution < 1.29 is 4.39 Å². The Bertz CT molecular complexity index is 827. The van der Waals surface area contributed by atoms with Crippen LogP contribution in [-0.2, 0) is 0 Å². The van der Waals surface area contributed by atoms with Crippen LogP contribution in [0.15, 0.2) is 36.4 Å². The SMILES string of the molecule is CN1c2c(C#N)cc(Nc3ccccc3F)cc2[C@@H]2CNCC[C@@H]21. The van der Waals surface area contributed by atoms with E-state index in [1.54, 1.807) is 18.2 Å². The van der Waals surface area contributed by atoms with Crippen molar-refractivity contribution in [1.29, 1.82) is 5.26 Å². The first-order valence-corrected chi connectivity index (χ1v) is 8.22. The molecule has 24 heavy (non-hydrogen) atoms. The number of likely N-dealkylation sites (N-methyl/N-ethyl adjacent to an activating group) is 1. The lowest BCUT2D eigenvalue weighted by Gasteiger charge is -2.31. The molecule has 4 nitrogen and oxygen atoms in total. The van der Waals surface area contributed by atoms with Crippen molar-refractivity contribution in [1.82, 2.24) is 5.32 Å². The maximum Gasteiger partial charge on any atom is 0.146 e. The van der Waals surface area contributed by atoms with Gasteiger partial charge in [0.05, 0.1) is 16.9 Å². The fourth-order valence-electron chi connectivity index (χ4n) is 4.00. The molecule has 0 radical (unpaired) electrons. The number of halogens is 1. The van der Waals surface area contributed by atoms with Crippen molar-refractivity contribution >= 4 is 17.1 Å². The second-order valence-corrected chi connectivity index (χ2v) is 6.46. The molecular weight excluding hydrogens is 303 g/mol. The van der Waals surface area contributed by atoms with Gasteiger partial charge in [-0.1, -0.05) is 12.1 Å². The van der Waals surface area contributed by atoms with Gasteiger partial charge in [0.15, 0.2) is 0 Å². The number of benzene rings is 2. The molecule has 2 aromatic carbocycles. The standard InChI is InChI=1S/C19H19FN4/c1-24-18-6-7-22-11-15(18)14-9-13(8-12(10-21)19(14)24)23-17-5-3-2-4-16(17)20/h2-5,8-9,15,18,22-23H,6-7,11H2,1H3/t15-,18-/m0/s1. The van der Waals surface area contributed by atoms with Gasteiger partial charge in [0.25, 0.3) is 0 Å². The minimum Gasteiger partial charge on any atom is -0.370 e. The molecule has 2 aliphatic rings. The number of rotatable bonds is 2. The zero-order chi connectivity index (χ0) is 16.7. The van der Waals surface area contributed by atoms with Crippen LogP contribution in [-0.4, -0.2) is 26.2 Å². The van der Waals surface area contributed by atoms with Gasteiger partial charge in [-0.3, -0.25) is 0 Å². The van der Waals surface area contributed by atoms with Crippen LogP contribution in [0.1, 0.15) is 23.5 Å². The summed E-state index contributed by atoms with van der Waals surface area (Å²) in [6.45, 7) is 1.91. The lowest BCUT2D eigenvalue weighted by atomic mass is 9.89. The molecule has 5 heteroatoms. The van der Waals surface area contributed by atoms with Crippen molar-refractivity contribution in [2.45, 2.75) is 18.4 Å². The summed E-state index contributed by atoms with van der Waals surface area (Å²) in [5.41, 5.74) is 4.02. The first-order chi connectivity index (χ1) is 11.7. The Morgan fingerprint density at radius 1 is 1.33 bits per heavy atom. The minimum absolute atomic E-state index is 0.300. The van der Waals surface area contributed by atoms with E-state index in [1.807, 2.05) is 6.07 Å². The van der Waals surface area contributed by atoms with Gasteiger partial charge in [0.2, 0.25) is 0 Å². The zero-order valence-corrected chi connectivity index (χ0v) is 13.5. The monoisotopic (exact) mass is 322 g/mol. The van der Waals surface area contributed by atoms with E-state index in [4.69, 9.17) is 0 Å². The number of nitriles is 1. The highest BCUT2D eigenvalue weighted by molar-refractivity contribution is 5.76. The van der Waals surface area contributed by atoms with Gasteiger partial charge in [-0.05, 0) is 42.8 Å². The van der Waals surface area contributed by atoms with Crippen LogP contribution < -0.4 is 15.5 Å². The molecule has 4 rings (SSSR count).